The van der Waals surface area contributed by atoms with E-state index in [0.29, 0.717) is 19.4 Å². The standard InChI is InChI=1S/C20H23F2NO3/c1-14(2)25-18-5-3-4-16(12-18)13-23-19(24)11-8-15-6-9-17(10-7-15)26-20(21)22/h3-7,9-10,12,14,20H,8,11,13H2,1-2H3,(H,23,24). The quantitative estimate of drug-likeness (QED) is 0.722. The largest absolute Gasteiger partial charge is 0.491 e. The summed E-state index contributed by atoms with van der Waals surface area (Å²) in [4.78, 5) is 12.0. The van der Waals surface area contributed by atoms with Crippen molar-refractivity contribution in [3.63, 3.8) is 0 Å². The fraction of sp³-hybridized carbons (Fsp3) is 0.350. The van der Waals surface area contributed by atoms with Crippen LogP contribution in [-0.2, 0) is 17.8 Å². The van der Waals surface area contributed by atoms with E-state index in [4.69, 9.17) is 4.74 Å². The predicted octanol–water partition coefficient (Wildman–Crippen LogP) is 4.32. The summed E-state index contributed by atoms with van der Waals surface area (Å²) in [7, 11) is 0. The molecule has 0 aliphatic rings. The molecule has 0 bridgehead atoms. The smallest absolute Gasteiger partial charge is 0.387 e. The van der Waals surface area contributed by atoms with Gasteiger partial charge in [-0.1, -0.05) is 24.3 Å². The van der Waals surface area contributed by atoms with E-state index in [1.807, 2.05) is 38.1 Å². The molecule has 0 aromatic heterocycles. The number of carbonyl (C=O) groups is 1. The first kappa shape index (κ1) is 19.7. The SMILES string of the molecule is CC(C)Oc1cccc(CNC(=O)CCc2ccc(OC(F)F)cc2)c1. The zero-order chi connectivity index (χ0) is 18.9. The van der Waals surface area contributed by atoms with E-state index in [9.17, 15) is 13.6 Å². The molecule has 2 rings (SSSR count). The van der Waals surface area contributed by atoms with Crippen molar-refractivity contribution in [1.82, 2.24) is 5.32 Å². The molecule has 0 aliphatic carbocycles. The summed E-state index contributed by atoms with van der Waals surface area (Å²) in [6.07, 6.45) is 0.937. The minimum Gasteiger partial charge on any atom is -0.491 e. The van der Waals surface area contributed by atoms with Crippen LogP contribution in [0.25, 0.3) is 0 Å². The molecule has 2 aromatic rings. The van der Waals surface area contributed by atoms with Crippen LogP contribution in [0.5, 0.6) is 11.5 Å². The molecule has 0 heterocycles. The van der Waals surface area contributed by atoms with Gasteiger partial charge < -0.3 is 14.8 Å². The lowest BCUT2D eigenvalue weighted by Gasteiger charge is -2.11. The number of hydrogen-bond donors (Lipinski definition) is 1. The molecule has 0 aliphatic heterocycles. The monoisotopic (exact) mass is 363 g/mol. The molecule has 0 fully saturated rings. The van der Waals surface area contributed by atoms with Crippen molar-refractivity contribution in [3.8, 4) is 11.5 Å². The van der Waals surface area contributed by atoms with Crippen LogP contribution in [0.3, 0.4) is 0 Å². The lowest BCUT2D eigenvalue weighted by molar-refractivity contribution is -0.121. The highest BCUT2D eigenvalue weighted by molar-refractivity contribution is 5.76. The Morgan fingerprint density at radius 2 is 1.73 bits per heavy atom. The van der Waals surface area contributed by atoms with Gasteiger partial charge in [-0.3, -0.25) is 4.79 Å². The third-order valence-corrected chi connectivity index (χ3v) is 3.55. The van der Waals surface area contributed by atoms with E-state index in [1.54, 1.807) is 12.1 Å². The lowest BCUT2D eigenvalue weighted by Crippen LogP contribution is -2.23. The van der Waals surface area contributed by atoms with E-state index in [2.05, 4.69) is 10.1 Å². The molecular weight excluding hydrogens is 340 g/mol. The van der Waals surface area contributed by atoms with E-state index in [-0.39, 0.29) is 17.8 Å². The van der Waals surface area contributed by atoms with Gasteiger partial charge in [0.05, 0.1) is 6.10 Å². The van der Waals surface area contributed by atoms with Gasteiger partial charge >= 0.3 is 6.61 Å². The third-order valence-electron chi connectivity index (χ3n) is 3.55. The number of nitrogens with one attached hydrogen (secondary N) is 1. The van der Waals surface area contributed by atoms with E-state index >= 15 is 0 Å². The molecule has 0 unspecified atom stereocenters. The van der Waals surface area contributed by atoms with Crippen LogP contribution in [-0.4, -0.2) is 18.6 Å². The Balaban J connectivity index is 1.77. The first-order chi connectivity index (χ1) is 12.4. The fourth-order valence-electron chi connectivity index (χ4n) is 2.39. The number of rotatable bonds is 9. The molecule has 2 aromatic carbocycles. The second-order valence-electron chi connectivity index (χ2n) is 6.11. The molecule has 0 saturated carbocycles. The summed E-state index contributed by atoms with van der Waals surface area (Å²) in [5, 5.41) is 2.87. The Kier molecular flexibility index (Phi) is 7.38. The molecule has 26 heavy (non-hydrogen) atoms. The van der Waals surface area contributed by atoms with Crippen molar-refractivity contribution in [3.05, 3.63) is 59.7 Å². The van der Waals surface area contributed by atoms with Gasteiger partial charge in [-0.05, 0) is 55.7 Å². The average Bonchev–Trinajstić information content (AvgIpc) is 2.58. The summed E-state index contributed by atoms with van der Waals surface area (Å²) >= 11 is 0. The first-order valence-corrected chi connectivity index (χ1v) is 8.48. The van der Waals surface area contributed by atoms with Gasteiger partial charge in [-0.2, -0.15) is 8.78 Å². The van der Waals surface area contributed by atoms with Crippen molar-refractivity contribution in [2.75, 3.05) is 0 Å². The van der Waals surface area contributed by atoms with Gasteiger partial charge in [0.2, 0.25) is 5.91 Å². The Morgan fingerprint density at radius 1 is 1.00 bits per heavy atom. The summed E-state index contributed by atoms with van der Waals surface area (Å²) in [5.41, 5.74) is 1.85. The molecule has 0 spiro atoms. The summed E-state index contributed by atoms with van der Waals surface area (Å²) < 4.78 is 34.1. The molecule has 6 heteroatoms. The normalized spacial score (nSPS) is 10.8. The number of amides is 1. The third kappa shape index (κ3) is 7.09. The van der Waals surface area contributed by atoms with Crippen LogP contribution >= 0.6 is 0 Å². The fourth-order valence-corrected chi connectivity index (χ4v) is 2.39. The zero-order valence-electron chi connectivity index (χ0n) is 14.9. The second kappa shape index (κ2) is 9.75. The number of aryl methyl sites for hydroxylation is 1. The number of halogens is 2. The summed E-state index contributed by atoms with van der Waals surface area (Å²) in [6.45, 7) is 1.51. The van der Waals surface area contributed by atoms with Crippen LogP contribution in [0.1, 0.15) is 31.4 Å². The van der Waals surface area contributed by atoms with Crippen LogP contribution in [0.2, 0.25) is 0 Å². The van der Waals surface area contributed by atoms with Crippen LogP contribution in [0.15, 0.2) is 48.5 Å². The van der Waals surface area contributed by atoms with E-state index < -0.39 is 6.61 Å². The van der Waals surface area contributed by atoms with Crippen molar-refractivity contribution >= 4 is 5.91 Å². The molecule has 1 amide bonds. The molecule has 0 atom stereocenters. The molecule has 4 nitrogen and oxygen atoms in total. The Hall–Kier alpha value is -2.63. The predicted molar refractivity (Wildman–Crippen MR) is 95.4 cm³/mol. The van der Waals surface area contributed by atoms with Crippen LogP contribution in [0.4, 0.5) is 8.78 Å². The summed E-state index contributed by atoms with van der Waals surface area (Å²) in [5.74, 6) is 0.808. The maximum Gasteiger partial charge on any atom is 0.387 e. The zero-order valence-corrected chi connectivity index (χ0v) is 14.9. The van der Waals surface area contributed by atoms with Gasteiger partial charge in [0.25, 0.3) is 0 Å². The highest BCUT2D eigenvalue weighted by Gasteiger charge is 2.06. The van der Waals surface area contributed by atoms with E-state index in [1.165, 1.54) is 12.1 Å². The van der Waals surface area contributed by atoms with Crippen molar-refractivity contribution in [2.45, 2.75) is 45.9 Å². The highest BCUT2D eigenvalue weighted by Crippen LogP contribution is 2.16. The minimum atomic E-state index is -2.84. The maximum absolute atomic E-state index is 12.1. The number of alkyl halides is 2. The van der Waals surface area contributed by atoms with Crippen LogP contribution < -0.4 is 14.8 Å². The second-order valence-corrected chi connectivity index (χ2v) is 6.11. The van der Waals surface area contributed by atoms with Gasteiger partial charge in [-0.15, -0.1) is 0 Å². The van der Waals surface area contributed by atoms with Crippen molar-refractivity contribution in [1.29, 1.82) is 0 Å². The van der Waals surface area contributed by atoms with Crippen molar-refractivity contribution < 1.29 is 23.0 Å². The van der Waals surface area contributed by atoms with Crippen LogP contribution in [0, 0.1) is 0 Å². The number of ether oxygens (including phenoxy) is 2. The van der Waals surface area contributed by atoms with Gasteiger partial charge in [0.1, 0.15) is 11.5 Å². The summed E-state index contributed by atoms with van der Waals surface area (Å²) in [6, 6.07) is 13.9. The molecule has 0 saturated heterocycles. The van der Waals surface area contributed by atoms with Gasteiger partial charge in [-0.25, -0.2) is 0 Å². The number of carbonyl (C=O) groups excluding carboxylic acids is 1. The highest BCUT2D eigenvalue weighted by atomic mass is 19.3. The number of hydrogen-bond acceptors (Lipinski definition) is 3. The first-order valence-electron chi connectivity index (χ1n) is 8.48. The average molecular weight is 363 g/mol. The topological polar surface area (TPSA) is 47.6 Å². The Bertz CT molecular complexity index is 702. The Morgan fingerprint density at radius 3 is 2.38 bits per heavy atom. The van der Waals surface area contributed by atoms with Gasteiger partial charge in [0, 0.05) is 13.0 Å². The minimum absolute atomic E-state index is 0.0758. The van der Waals surface area contributed by atoms with E-state index in [0.717, 1.165) is 16.9 Å². The maximum atomic E-state index is 12.1. The molecule has 0 radical (unpaired) electrons. The molecular formula is C20H23F2NO3. The molecule has 140 valence electrons. The number of benzene rings is 2. The Labute approximate surface area is 152 Å². The lowest BCUT2D eigenvalue weighted by atomic mass is 10.1. The molecule has 1 N–H and O–H groups in total. The van der Waals surface area contributed by atoms with Gasteiger partial charge in [0.15, 0.2) is 0 Å². The van der Waals surface area contributed by atoms with Crippen molar-refractivity contribution in [2.24, 2.45) is 0 Å².